The van der Waals surface area contributed by atoms with Crippen molar-refractivity contribution < 1.29 is 4.79 Å². The largest absolute Gasteiger partial charge is 0.385 e. The van der Waals surface area contributed by atoms with Gasteiger partial charge in [-0.2, -0.15) is 0 Å². The lowest BCUT2D eigenvalue weighted by Gasteiger charge is -2.22. The van der Waals surface area contributed by atoms with E-state index in [-0.39, 0.29) is 5.91 Å². The molecule has 1 aromatic carbocycles. The fourth-order valence-electron chi connectivity index (χ4n) is 2.92. The van der Waals surface area contributed by atoms with E-state index in [9.17, 15) is 4.79 Å². The Morgan fingerprint density at radius 2 is 1.95 bits per heavy atom. The van der Waals surface area contributed by atoms with Gasteiger partial charge >= 0.3 is 0 Å². The SMILES string of the molecule is NC(=O)Cc1ccccc1NCCC1CCCCC1. The quantitative estimate of drug-likeness (QED) is 0.825. The fraction of sp³-hybridized carbons (Fsp3) is 0.562. The van der Waals surface area contributed by atoms with Gasteiger partial charge in [-0.25, -0.2) is 0 Å². The zero-order valence-corrected chi connectivity index (χ0v) is 11.5. The Kier molecular flexibility index (Phi) is 5.25. The highest BCUT2D eigenvalue weighted by atomic mass is 16.1. The molecule has 0 bridgehead atoms. The van der Waals surface area contributed by atoms with Crippen LogP contribution in [-0.2, 0) is 11.2 Å². The van der Waals surface area contributed by atoms with Gasteiger partial charge in [0, 0.05) is 12.2 Å². The maximum absolute atomic E-state index is 11.0. The smallest absolute Gasteiger partial charge is 0.221 e. The van der Waals surface area contributed by atoms with Crippen molar-refractivity contribution in [2.75, 3.05) is 11.9 Å². The summed E-state index contributed by atoms with van der Waals surface area (Å²) in [5.41, 5.74) is 7.32. The third-order valence-electron chi connectivity index (χ3n) is 3.97. The number of nitrogens with two attached hydrogens (primary N) is 1. The van der Waals surface area contributed by atoms with Crippen LogP contribution in [0.2, 0.25) is 0 Å². The lowest BCUT2D eigenvalue weighted by Crippen LogP contribution is -2.16. The second-order valence-electron chi connectivity index (χ2n) is 5.52. The van der Waals surface area contributed by atoms with Crippen LogP contribution in [0.1, 0.15) is 44.1 Å². The third kappa shape index (κ3) is 4.58. The molecular weight excluding hydrogens is 236 g/mol. The molecular formula is C16H24N2O. The minimum Gasteiger partial charge on any atom is -0.385 e. The highest BCUT2D eigenvalue weighted by Gasteiger charge is 2.13. The number of hydrogen-bond donors (Lipinski definition) is 2. The monoisotopic (exact) mass is 260 g/mol. The van der Waals surface area contributed by atoms with Crippen molar-refractivity contribution in [3.05, 3.63) is 29.8 Å². The molecule has 3 nitrogen and oxygen atoms in total. The van der Waals surface area contributed by atoms with E-state index in [4.69, 9.17) is 5.73 Å². The van der Waals surface area contributed by atoms with Gasteiger partial charge < -0.3 is 11.1 Å². The summed E-state index contributed by atoms with van der Waals surface area (Å²) in [6.45, 7) is 0.987. The zero-order valence-electron chi connectivity index (χ0n) is 11.5. The van der Waals surface area contributed by atoms with Crippen LogP contribution in [0.4, 0.5) is 5.69 Å². The number of nitrogens with one attached hydrogen (secondary N) is 1. The van der Waals surface area contributed by atoms with E-state index in [0.717, 1.165) is 23.7 Å². The van der Waals surface area contributed by atoms with Crippen molar-refractivity contribution in [1.82, 2.24) is 0 Å². The number of rotatable bonds is 6. The number of para-hydroxylation sites is 1. The Labute approximate surface area is 115 Å². The summed E-state index contributed by atoms with van der Waals surface area (Å²) >= 11 is 0. The predicted molar refractivity (Wildman–Crippen MR) is 79.0 cm³/mol. The molecule has 0 unspecified atom stereocenters. The van der Waals surface area contributed by atoms with Crippen LogP contribution < -0.4 is 11.1 Å². The van der Waals surface area contributed by atoms with Crippen LogP contribution in [0.25, 0.3) is 0 Å². The standard InChI is InChI=1S/C16H24N2O/c17-16(19)12-14-8-4-5-9-15(14)18-11-10-13-6-2-1-3-7-13/h4-5,8-9,13,18H,1-3,6-7,10-12H2,(H2,17,19). The van der Waals surface area contributed by atoms with Crippen molar-refractivity contribution in [2.24, 2.45) is 11.7 Å². The summed E-state index contributed by atoms with van der Waals surface area (Å²) in [4.78, 5) is 11.0. The number of carbonyl (C=O) groups is 1. The maximum atomic E-state index is 11.0. The molecule has 0 heterocycles. The van der Waals surface area contributed by atoms with Gasteiger partial charge in [0.1, 0.15) is 0 Å². The van der Waals surface area contributed by atoms with Gasteiger partial charge in [0.15, 0.2) is 0 Å². The molecule has 1 aromatic rings. The molecule has 19 heavy (non-hydrogen) atoms. The normalized spacial score (nSPS) is 16.2. The molecule has 3 heteroatoms. The van der Waals surface area contributed by atoms with E-state index in [1.807, 2.05) is 24.3 Å². The summed E-state index contributed by atoms with van der Waals surface area (Å²) in [6, 6.07) is 7.94. The minimum atomic E-state index is -0.276. The van der Waals surface area contributed by atoms with E-state index < -0.39 is 0 Å². The first-order valence-electron chi connectivity index (χ1n) is 7.36. The summed E-state index contributed by atoms with van der Waals surface area (Å²) in [5, 5.41) is 3.46. The topological polar surface area (TPSA) is 55.1 Å². The van der Waals surface area contributed by atoms with Crippen molar-refractivity contribution in [2.45, 2.75) is 44.9 Å². The van der Waals surface area contributed by atoms with Gasteiger partial charge in [-0.05, 0) is 24.0 Å². The van der Waals surface area contributed by atoms with E-state index in [1.54, 1.807) is 0 Å². The Balaban J connectivity index is 1.83. The Bertz CT molecular complexity index is 411. The second kappa shape index (κ2) is 7.17. The molecule has 0 saturated heterocycles. The van der Waals surface area contributed by atoms with Gasteiger partial charge in [-0.1, -0.05) is 50.3 Å². The van der Waals surface area contributed by atoms with Crippen LogP contribution in [0.15, 0.2) is 24.3 Å². The molecule has 2 rings (SSSR count). The Morgan fingerprint density at radius 3 is 2.68 bits per heavy atom. The Morgan fingerprint density at radius 1 is 1.21 bits per heavy atom. The molecule has 1 aliphatic rings. The summed E-state index contributed by atoms with van der Waals surface area (Å²) in [5.74, 6) is 0.603. The van der Waals surface area contributed by atoms with Gasteiger partial charge in [0.25, 0.3) is 0 Å². The number of anilines is 1. The van der Waals surface area contributed by atoms with E-state index in [2.05, 4.69) is 5.32 Å². The summed E-state index contributed by atoms with van der Waals surface area (Å²) < 4.78 is 0. The van der Waals surface area contributed by atoms with Gasteiger partial charge in [-0.15, -0.1) is 0 Å². The summed E-state index contributed by atoms with van der Waals surface area (Å²) in [6.07, 6.45) is 8.49. The average molecular weight is 260 g/mol. The second-order valence-corrected chi connectivity index (χ2v) is 5.52. The van der Waals surface area contributed by atoms with Crippen LogP contribution in [0, 0.1) is 5.92 Å². The molecule has 0 aliphatic heterocycles. The first kappa shape index (κ1) is 13.9. The highest BCUT2D eigenvalue weighted by Crippen LogP contribution is 2.26. The van der Waals surface area contributed by atoms with E-state index >= 15 is 0 Å². The van der Waals surface area contributed by atoms with E-state index in [0.29, 0.717) is 6.42 Å². The van der Waals surface area contributed by atoms with Crippen LogP contribution in [-0.4, -0.2) is 12.5 Å². The predicted octanol–water partition coefficient (Wildman–Crippen LogP) is 3.10. The van der Waals surface area contributed by atoms with E-state index in [1.165, 1.54) is 38.5 Å². The number of amides is 1. The van der Waals surface area contributed by atoms with Crippen molar-refractivity contribution in [3.63, 3.8) is 0 Å². The molecule has 3 N–H and O–H groups in total. The van der Waals surface area contributed by atoms with Crippen molar-refractivity contribution in [3.8, 4) is 0 Å². The molecule has 1 saturated carbocycles. The molecule has 1 aliphatic carbocycles. The maximum Gasteiger partial charge on any atom is 0.221 e. The molecule has 0 radical (unpaired) electrons. The van der Waals surface area contributed by atoms with Crippen molar-refractivity contribution in [1.29, 1.82) is 0 Å². The number of primary amides is 1. The van der Waals surface area contributed by atoms with Gasteiger partial charge in [-0.3, -0.25) is 4.79 Å². The molecule has 104 valence electrons. The van der Waals surface area contributed by atoms with Crippen LogP contribution in [0.3, 0.4) is 0 Å². The molecule has 0 atom stereocenters. The minimum absolute atomic E-state index is 0.276. The third-order valence-corrected chi connectivity index (χ3v) is 3.97. The molecule has 1 amide bonds. The van der Waals surface area contributed by atoms with Crippen molar-refractivity contribution >= 4 is 11.6 Å². The highest BCUT2D eigenvalue weighted by molar-refractivity contribution is 5.78. The lowest BCUT2D eigenvalue weighted by molar-refractivity contribution is -0.117. The Hall–Kier alpha value is -1.51. The first-order valence-corrected chi connectivity index (χ1v) is 7.36. The summed E-state index contributed by atoms with van der Waals surface area (Å²) in [7, 11) is 0. The fourth-order valence-corrected chi connectivity index (χ4v) is 2.92. The molecule has 0 spiro atoms. The molecule has 0 aromatic heterocycles. The number of benzene rings is 1. The average Bonchev–Trinajstić information content (AvgIpc) is 2.41. The van der Waals surface area contributed by atoms with Crippen LogP contribution >= 0.6 is 0 Å². The van der Waals surface area contributed by atoms with Crippen LogP contribution in [0.5, 0.6) is 0 Å². The zero-order chi connectivity index (χ0) is 13.5. The lowest BCUT2D eigenvalue weighted by atomic mass is 9.87. The van der Waals surface area contributed by atoms with Gasteiger partial charge in [0.2, 0.25) is 5.91 Å². The number of hydrogen-bond acceptors (Lipinski definition) is 2. The van der Waals surface area contributed by atoms with Gasteiger partial charge in [0.05, 0.1) is 6.42 Å². The molecule has 1 fully saturated rings. The number of carbonyl (C=O) groups excluding carboxylic acids is 1. The first-order chi connectivity index (χ1) is 9.25.